The molecule has 1 fully saturated rings. The Bertz CT molecular complexity index is 368. The molecule has 1 aliphatic heterocycles. The number of nitrogens with zero attached hydrogens (tertiary/aromatic N) is 1. The van der Waals surface area contributed by atoms with Crippen LogP contribution in [0.2, 0.25) is 0 Å². The first kappa shape index (κ1) is 11.5. The van der Waals surface area contributed by atoms with Crippen molar-refractivity contribution in [2.24, 2.45) is 0 Å². The predicted molar refractivity (Wildman–Crippen MR) is 59.1 cm³/mol. The lowest BCUT2D eigenvalue weighted by Crippen LogP contribution is -2.48. The molecule has 0 saturated carbocycles. The van der Waals surface area contributed by atoms with Crippen molar-refractivity contribution in [1.29, 1.82) is 0 Å². The van der Waals surface area contributed by atoms with Gasteiger partial charge in [0.2, 0.25) is 0 Å². The Labute approximate surface area is 94.3 Å². The van der Waals surface area contributed by atoms with Crippen molar-refractivity contribution in [3.05, 3.63) is 35.4 Å². The van der Waals surface area contributed by atoms with Crippen LogP contribution in [-0.4, -0.2) is 30.6 Å². The topological polar surface area (TPSA) is 15.3 Å². The molecular formula is C12H16F2N2. The summed E-state index contributed by atoms with van der Waals surface area (Å²) >= 11 is 0. The van der Waals surface area contributed by atoms with Crippen LogP contribution in [0.5, 0.6) is 0 Å². The van der Waals surface area contributed by atoms with Gasteiger partial charge in [0.05, 0.1) is 0 Å². The molecule has 2 rings (SSSR count). The fourth-order valence-corrected chi connectivity index (χ4v) is 2.05. The number of rotatable bonds is 2. The second-order valence-corrected chi connectivity index (χ2v) is 4.33. The van der Waals surface area contributed by atoms with Crippen molar-refractivity contribution in [3.8, 4) is 0 Å². The molecule has 88 valence electrons. The first-order chi connectivity index (χ1) is 7.65. The van der Waals surface area contributed by atoms with Crippen LogP contribution in [0.25, 0.3) is 0 Å². The molecule has 1 atom stereocenters. The van der Waals surface area contributed by atoms with Gasteiger partial charge in [0.15, 0.2) is 0 Å². The molecule has 0 bridgehead atoms. The number of halogens is 2. The summed E-state index contributed by atoms with van der Waals surface area (Å²) in [5.74, 6) is -0.971. The highest BCUT2D eigenvalue weighted by molar-refractivity contribution is 5.18. The Morgan fingerprint density at radius 3 is 2.94 bits per heavy atom. The summed E-state index contributed by atoms with van der Waals surface area (Å²) < 4.78 is 26.1. The zero-order valence-electron chi connectivity index (χ0n) is 9.34. The Kier molecular flexibility index (Phi) is 3.51. The largest absolute Gasteiger partial charge is 0.312 e. The normalized spacial score (nSPS) is 22.3. The smallest absolute Gasteiger partial charge is 0.130 e. The third-order valence-corrected chi connectivity index (χ3v) is 2.86. The van der Waals surface area contributed by atoms with Crippen LogP contribution >= 0.6 is 0 Å². The van der Waals surface area contributed by atoms with Gasteiger partial charge in [0.1, 0.15) is 11.6 Å². The Morgan fingerprint density at radius 2 is 2.25 bits per heavy atom. The molecule has 1 aromatic carbocycles. The van der Waals surface area contributed by atoms with Gasteiger partial charge >= 0.3 is 0 Å². The van der Waals surface area contributed by atoms with E-state index < -0.39 is 11.6 Å². The highest BCUT2D eigenvalue weighted by Crippen LogP contribution is 2.13. The molecule has 0 aromatic heterocycles. The van der Waals surface area contributed by atoms with Crippen LogP contribution < -0.4 is 5.32 Å². The number of hydrogen-bond acceptors (Lipinski definition) is 2. The highest BCUT2D eigenvalue weighted by atomic mass is 19.1. The standard InChI is InChI=1S/C12H16F2N2/c1-9-7-16(5-4-15-9)8-10-2-3-11(13)6-12(10)14/h2-3,6,9,15H,4-5,7-8H2,1H3. The molecular weight excluding hydrogens is 210 g/mol. The van der Waals surface area contributed by atoms with Gasteiger partial charge in [0, 0.05) is 43.9 Å². The summed E-state index contributed by atoms with van der Waals surface area (Å²) in [5, 5.41) is 3.33. The van der Waals surface area contributed by atoms with E-state index in [0.717, 1.165) is 25.7 Å². The van der Waals surface area contributed by atoms with Crippen molar-refractivity contribution in [2.45, 2.75) is 19.5 Å². The third kappa shape index (κ3) is 2.77. The van der Waals surface area contributed by atoms with Crippen molar-refractivity contribution in [2.75, 3.05) is 19.6 Å². The SMILES string of the molecule is CC1CN(Cc2ccc(F)cc2F)CCN1. The minimum absolute atomic E-state index is 0.428. The first-order valence-corrected chi connectivity index (χ1v) is 5.55. The van der Waals surface area contributed by atoms with Gasteiger partial charge in [-0.3, -0.25) is 4.90 Å². The Balaban J connectivity index is 2.02. The fraction of sp³-hybridized carbons (Fsp3) is 0.500. The van der Waals surface area contributed by atoms with Crippen LogP contribution in [0.1, 0.15) is 12.5 Å². The summed E-state index contributed by atoms with van der Waals surface area (Å²) in [6.07, 6.45) is 0. The number of nitrogens with one attached hydrogen (secondary N) is 1. The van der Waals surface area contributed by atoms with Gasteiger partial charge in [-0.2, -0.15) is 0 Å². The maximum absolute atomic E-state index is 13.4. The molecule has 0 aliphatic carbocycles. The van der Waals surface area contributed by atoms with Crippen LogP contribution in [-0.2, 0) is 6.54 Å². The van der Waals surface area contributed by atoms with E-state index in [-0.39, 0.29) is 0 Å². The lowest BCUT2D eigenvalue weighted by molar-refractivity contribution is 0.197. The van der Waals surface area contributed by atoms with Gasteiger partial charge in [-0.05, 0) is 13.0 Å². The Morgan fingerprint density at radius 1 is 1.44 bits per heavy atom. The highest BCUT2D eigenvalue weighted by Gasteiger charge is 2.16. The van der Waals surface area contributed by atoms with Crippen LogP contribution in [0.15, 0.2) is 18.2 Å². The van der Waals surface area contributed by atoms with E-state index in [1.807, 2.05) is 0 Å². The van der Waals surface area contributed by atoms with Crippen LogP contribution in [0.3, 0.4) is 0 Å². The van der Waals surface area contributed by atoms with Gasteiger partial charge in [-0.1, -0.05) is 6.07 Å². The predicted octanol–water partition coefficient (Wildman–Crippen LogP) is 1.76. The van der Waals surface area contributed by atoms with Crippen molar-refractivity contribution >= 4 is 0 Å². The quantitative estimate of drug-likeness (QED) is 0.826. The maximum Gasteiger partial charge on any atom is 0.130 e. The zero-order valence-corrected chi connectivity index (χ0v) is 9.34. The van der Waals surface area contributed by atoms with E-state index in [1.165, 1.54) is 12.1 Å². The summed E-state index contributed by atoms with van der Waals surface area (Å²) in [6.45, 7) is 5.38. The van der Waals surface area contributed by atoms with E-state index in [2.05, 4.69) is 17.1 Å². The summed E-state index contributed by atoms with van der Waals surface area (Å²) in [5.41, 5.74) is 0.565. The molecule has 0 amide bonds. The van der Waals surface area contributed by atoms with Crippen molar-refractivity contribution in [3.63, 3.8) is 0 Å². The molecule has 1 aromatic rings. The van der Waals surface area contributed by atoms with Crippen LogP contribution in [0, 0.1) is 11.6 Å². The minimum atomic E-state index is -0.519. The lowest BCUT2D eigenvalue weighted by atomic mass is 10.1. The van der Waals surface area contributed by atoms with E-state index in [0.29, 0.717) is 18.2 Å². The Hall–Kier alpha value is -1.00. The van der Waals surface area contributed by atoms with Gasteiger partial charge in [-0.25, -0.2) is 8.78 Å². The first-order valence-electron chi connectivity index (χ1n) is 5.55. The summed E-state index contributed by atoms with van der Waals surface area (Å²) in [4.78, 5) is 2.18. The van der Waals surface area contributed by atoms with E-state index in [1.54, 1.807) is 0 Å². The fourth-order valence-electron chi connectivity index (χ4n) is 2.05. The molecule has 1 aliphatic rings. The number of benzene rings is 1. The molecule has 2 nitrogen and oxygen atoms in total. The van der Waals surface area contributed by atoms with E-state index in [4.69, 9.17) is 0 Å². The van der Waals surface area contributed by atoms with Crippen molar-refractivity contribution in [1.82, 2.24) is 10.2 Å². The molecule has 0 spiro atoms. The van der Waals surface area contributed by atoms with Gasteiger partial charge < -0.3 is 5.32 Å². The molecule has 1 heterocycles. The van der Waals surface area contributed by atoms with Crippen molar-refractivity contribution < 1.29 is 8.78 Å². The molecule has 4 heteroatoms. The molecule has 16 heavy (non-hydrogen) atoms. The summed E-state index contributed by atoms with van der Waals surface area (Å²) in [6, 6.07) is 4.21. The monoisotopic (exact) mass is 226 g/mol. The van der Waals surface area contributed by atoms with Gasteiger partial charge in [-0.15, -0.1) is 0 Å². The van der Waals surface area contributed by atoms with E-state index >= 15 is 0 Å². The second kappa shape index (κ2) is 4.89. The molecule has 1 N–H and O–H groups in total. The minimum Gasteiger partial charge on any atom is -0.312 e. The average molecular weight is 226 g/mol. The summed E-state index contributed by atoms with van der Waals surface area (Å²) in [7, 11) is 0. The molecule has 1 unspecified atom stereocenters. The van der Waals surface area contributed by atoms with Gasteiger partial charge in [0.25, 0.3) is 0 Å². The molecule has 0 radical (unpaired) electrons. The number of hydrogen-bond donors (Lipinski definition) is 1. The maximum atomic E-state index is 13.4. The average Bonchev–Trinajstić information content (AvgIpc) is 2.22. The lowest BCUT2D eigenvalue weighted by Gasteiger charge is -2.31. The van der Waals surface area contributed by atoms with Crippen LogP contribution in [0.4, 0.5) is 8.78 Å². The third-order valence-electron chi connectivity index (χ3n) is 2.86. The van der Waals surface area contributed by atoms with E-state index in [9.17, 15) is 8.78 Å². The zero-order chi connectivity index (χ0) is 11.5. The number of piperazine rings is 1. The second-order valence-electron chi connectivity index (χ2n) is 4.33. The molecule has 1 saturated heterocycles.